The second-order valence-corrected chi connectivity index (χ2v) is 8.83. The first-order chi connectivity index (χ1) is 9.47. The van der Waals surface area contributed by atoms with Crippen LogP contribution in [0.4, 0.5) is 5.69 Å². The lowest BCUT2D eigenvalue weighted by Crippen LogP contribution is -1.99. The molecule has 5 nitrogen and oxygen atoms in total. The van der Waals surface area contributed by atoms with Gasteiger partial charge >= 0.3 is 0 Å². The average molecular weight is 328 g/mol. The Bertz CT molecular complexity index is 657. The molecule has 106 valence electrons. The monoisotopic (exact) mass is 328 g/mol. The van der Waals surface area contributed by atoms with Crippen LogP contribution in [0.1, 0.15) is 10.8 Å². The van der Waals surface area contributed by atoms with E-state index in [1.165, 1.54) is 23.9 Å². The molecule has 2 unspecified atom stereocenters. The highest BCUT2D eigenvalue weighted by Crippen LogP contribution is 2.63. The summed E-state index contributed by atoms with van der Waals surface area (Å²) in [6.45, 7) is 0. The van der Waals surface area contributed by atoms with E-state index in [1.54, 1.807) is 17.4 Å². The second-order valence-electron chi connectivity index (χ2n) is 4.32. The van der Waals surface area contributed by atoms with E-state index in [4.69, 9.17) is 0 Å². The summed E-state index contributed by atoms with van der Waals surface area (Å²) < 4.78 is 23.4. The van der Waals surface area contributed by atoms with Gasteiger partial charge in [-0.15, -0.1) is 23.1 Å². The lowest BCUT2D eigenvalue weighted by Gasteiger charge is -2.42. The Labute approximate surface area is 125 Å². The summed E-state index contributed by atoms with van der Waals surface area (Å²) in [6.07, 6.45) is 0. The summed E-state index contributed by atoms with van der Waals surface area (Å²) in [6, 6.07) is 8.10. The van der Waals surface area contributed by atoms with Gasteiger partial charge < -0.3 is 19.7 Å². The van der Waals surface area contributed by atoms with E-state index in [2.05, 4.69) is 0 Å². The maximum Gasteiger partial charge on any atom is 0.271 e. The number of non-ortho nitro benzene ring substituents is 1. The zero-order valence-corrected chi connectivity index (χ0v) is 12.5. The van der Waals surface area contributed by atoms with Crippen LogP contribution >= 0.6 is 33.7 Å². The minimum Gasteiger partial charge on any atom is -0.764 e. The van der Waals surface area contributed by atoms with Gasteiger partial charge in [0.2, 0.25) is 0 Å². The van der Waals surface area contributed by atoms with Crippen molar-refractivity contribution in [3.63, 3.8) is 0 Å². The van der Waals surface area contributed by atoms with E-state index >= 15 is 0 Å². The van der Waals surface area contributed by atoms with Crippen molar-refractivity contribution in [2.45, 2.75) is 14.4 Å². The topological polar surface area (TPSA) is 86.4 Å². The van der Waals surface area contributed by atoms with Gasteiger partial charge in [0.05, 0.1) is 14.4 Å². The molecule has 0 amide bonds. The van der Waals surface area contributed by atoms with Crippen molar-refractivity contribution in [1.82, 2.24) is 0 Å². The predicted molar refractivity (Wildman–Crippen MR) is 80.1 cm³/mol. The Morgan fingerprint density at radius 1 is 1.45 bits per heavy atom. The number of hydrogen-bond acceptors (Lipinski definition) is 6. The molecule has 0 aliphatic carbocycles. The molecule has 1 aliphatic heterocycles. The minimum atomic E-state index is -3.18. The molecule has 3 rings (SSSR count). The zero-order valence-electron chi connectivity index (χ0n) is 10.1. The van der Waals surface area contributed by atoms with Crippen molar-refractivity contribution in [1.29, 1.82) is 0 Å². The van der Waals surface area contributed by atoms with Crippen LogP contribution in [0, 0.1) is 10.1 Å². The number of nitrogens with zero attached hydrogens (tertiary/aromatic N) is 1. The van der Waals surface area contributed by atoms with Crippen molar-refractivity contribution < 1.29 is 14.0 Å². The van der Waals surface area contributed by atoms with E-state index in [1.807, 2.05) is 17.5 Å². The molecule has 0 saturated carbocycles. The van der Waals surface area contributed by atoms with Gasteiger partial charge in [-0.2, -0.15) is 0 Å². The third kappa shape index (κ3) is 2.45. The maximum atomic E-state index is 12.2. The van der Waals surface area contributed by atoms with Crippen LogP contribution in [0.3, 0.4) is 0 Å². The van der Waals surface area contributed by atoms with Gasteiger partial charge in [0.15, 0.2) is 0 Å². The average Bonchev–Trinajstić information content (AvgIpc) is 2.97. The number of fused-ring (bicyclic) bond motifs is 1. The summed E-state index contributed by atoms with van der Waals surface area (Å²) in [5, 5.41) is 12.6. The van der Waals surface area contributed by atoms with Gasteiger partial charge in [0.1, 0.15) is 0 Å². The number of hydrogen-bond donors (Lipinski definition) is 1. The predicted octanol–water partition coefficient (Wildman–Crippen LogP) is 4.27. The molecular weight excluding hydrogens is 318 g/mol. The Morgan fingerprint density at radius 2 is 2.25 bits per heavy atom. The largest absolute Gasteiger partial charge is 0.764 e. The highest BCUT2D eigenvalue weighted by atomic mass is 32.3. The van der Waals surface area contributed by atoms with Gasteiger partial charge in [-0.25, -0.2) is 0 Å². The van der Waals surface area contributed by atoms with Gasteiger partial charge in [0.25, 0.3) is 5.69 Å². The molecule has 1 aliphatic rings. The van der Waals surface area contributed by atoms with Crippen molar-refractivity contribution in [2.24, 2.45) is 0 Å². The fourth-order valence-electron chi connectivity index (χ4n) is 2.13. The number of rotatable bonds is 3. The fourth-order valence-corrected chi connectivity index (χ4v) is 6.64. The molecule has 0 spiro atoms. The van der Waals surface area contributed by atoms with Crippen LogP contribution in [-0.2, 0) is 0 Å². The Morgan fingerprint density at radius 3 is 2.90 bits per heavy atom. The number of thiophene rings is 1. The van der Waals surface area contributed by atoms with Gasteiger partial charge in [-0.3, -0.25) is 10.1 Å². The first kappa shape index (κ1) is 13.9. The number of nitro benzene ring substituents is 1. The third-order valence-corrected chi connectivity index (χ3v) is 7.38. The molecule has 2 heterocycles. The maximum absolute atomic E-state index is 12.2. The third-order valence-electron chi connectivity index (χ3n) is 3.03. The summed E-state index contributed by atoms with van der Waals surface area (Å²) >= 11 is 3.10. The number of nitro groups is 1. The SMILES string of the molecule is O=[N+]([O-])c1ccc2c(c1)S([O-])(O)CC2Sc1cccs1. The van der Waals surface area contributed by atoms with E-state index in [-0.39, 0.29) is 21.6 Å². The summed E-state index contributed by atoms with van der Waals surface area (Å²) in [5.41, 5.74) is 0.578. The highest BCUT2D eigenvalue weighted by molar-refractivity contribution is 8.25. The van der Waals surface area contributed by atoms with Crippen LogP contribution in [0.25, 0.3) is 0 Å². The molecule has 0 fully saturated rings. The van der Waals surface area contributed by atoms with E-state index in [9.17, 15) is 19.2 Å². The minimum absolute atomic E-state index is 0.103. The molecule has 8 heteroatoms. The Kier molecular flexibility index (Phi) is 3.51. The quantitative estimate of drug-likeness (QED) is 0.671. The Hall–Kier alpha value is -1.06. The van der Waals surface area contributed by atoms with Gasteiger partial charge in [-0.05, 0) is 23.1 Å². The van der Waals surface area contributed by atoms with E-state index < -0.39 is 15.5 Å². The van der Waals surface area contributed by atoms with Crippen LogP contribution < -0.4 is 0 Å². The molecule has 20 heavy (non-hydrogen) atoms. The molecule has 1 aromatic carbocycles. The van der Waals surface area contributed by atoms with Crippen molar-refractivity contribution in [3.8, 4) is 0 Å². The van der Waals surface area contributed by atoms with Crippen molar-refractivity contribution in [3.05, 3.63) is 51.4 Å². The first-order valence-electron chi connectivity index (χ1n) is 5.70. The lowest BCUT2D eigenvalue weighted by atomic mass is 10.1. The standard InChI is InChI=1S/C12H11NO4S3/c14-13(15)8-3-4-9-10(19-12-2-1-5-18-12)7-20(16,17)11(9)6-8/h1-6,10,16-17H,7H2/p-1. The van der Waals surface area contributed by atoms with E-state index in [0.29, 0.717) is 0 Å². The molecule has 0 bridgehead atoms. The molecular formula is C12H10NO4S3-. The van der Waals surface area contributed by atoms with Crippen LogP contribution in [-0.4, -0.2) is 19.8 Å². The molecule has 1 aromatic heterocycles. The highest BCUT2D eigenvalue weighted by Gasteiger charge is 2.32. The van der Waals surface area contributed by atoms with Crippen LogP contribution in [0.15, 0.2) is 44.8 Å². The van der Waals surface area contributed by atoms with Gasteiger partial charge in [0, 0.05) is 22.8 Å². The van der Waals surface area contributed by atoms with Crippen LogP contribution in [0.2, 0.25) is 0 Å². The second kappa shape index (κ2) is 5.05. The lowest BCUT2D eigenvalue weighted by molar-refractivity contribution is -0.385. The molecule has 2 aromatic rings. The summed E-state index contributed by atoms with van der Waals surface area (Å²) in [4.78, 5) is 10.4. The fraction of sp³-hybridized carbons (Fsp3) is 0.167. The summed E-state index contributed by atoms with van der Waals surface area (Å²) in [5.74, 6) is 0.103. The zero-order chi connectivity index (χ0) is 14.3. The number of benzene rings is 1. The van der Waals surface area contributed by atoms with Crippen LogP contribution in [0.5, 0.6) is 0 Å². The van der Waals surface area contributed by atoms with Crippen molar-refractivity contribution in [2.75, 3.05) is 5.75 Å². The van der Waals surface area contributed by atoms with Gasteiger partial charge in [-0.1, -0.05) is 6.07 Å². The molecule has 0 saturated heterocycles. The number of thioether (sulfide) groups is 1. The van der Waals surface area contributed by atoms with Crippen molar-refractivity contribution >= 4 is 39.4 Å². The molecule has 2 atom stereocenters. The molecule has 0 radical (unpaired) electrons. The summed E-state index contributed by atoms with van der Waals surface area (Å²) in [7, 11) is -3.18. The smallest absolute Gasteiger partial charge is 0.271 e. The molecule has 1 N–H and O–H groups in total. The normalized spacial score (nSPS) is 27.8. The Balaban J connectivity index is 1.98. The first-order valence-corrected chi connectivity index (χ1v) is 9.14. The van der Waals surface area contributed by atoms with E-state index in [0.717, 1.165) is 9.77 Å².